The molecule has 0 heterocycles. The van der Waals surface area contributed by atoms with Crippen LogP contribution in [0.3, 0.4) is 0 Å². The summed E-state index contributed by atoms with van der Waals surface area (Å²) in [6.45, 7) is 10.2. The minimum atomic E-state index is -0.0382. The Morgan fingerprint density at radius 2 is 1.74 bits per heavy atom. The Morgan fingerprint density at radius 3 is 2.56 bits per heavy atom. The van der Waals surface area contributed by atoms with Crippen molar-refractivity contribution in [2.24, 2.45) is 52.3 Å². The Labute approximate surface area is 167 Å². The Morgan fingerprint density at radius 1 is 0.926 bits per heavy atom. The van der Waals surface area contributed by atoms with Crippen LogP contribution >= 0.6 is 0 Å². The first-order valence-corrected chi connectivity index (χ1v) is 12.2. The average Bonchev–Trinajstić information content (AvgIpc) is 2.63. The molecule has 1 nitrogen and oxygen atoms in total. The van der Waals surface area contributed by atoms with Crippen LogP contribution < -0.4 is 0 Å². The maximum absolute atomic E-state index is 10.4. The second kappa shape index (κ2) is 6.35. The number of fused-ring (bicyclic) bond motifs is 7. The van der Waals surface area contributed by atoms with Gasteiger partial charge in [-0.3, -0.25) is 0 Å². The number of hydrogen-bond acceptors (Lipinski definition) is 1. The van der Waals surface area contributed by atoms with Crippen LogP contribution in [0, 0.1) is 52.3 Å². The first kappa shape index (κ1) is 18.7. The largest absolute Gasteiger partial charge is 0.393 e. The molecule has 0 aromatic carbocycles. The molecule has 1 heteroatoms. The molecule has 7 unspecified atom stereocenters. The van der Waals surface area contributed by atoms with Crippen LogP contribution in [0.5, 0.6) is 0 Å². The number of allylic oxidation sites excluding steroid dienone is 2. The van der Waals surface area contributed by atoms with E-state index in [4.69, 9.17) is 0 Å². The van der Waals surface area contributed by atoms with Gasteiger partial charge < -0.3 is 5.11 Å². The van der Waals surface area contributed by atoms with E-state index in [1.807, 2.05) is 5.57 Å². The zero-order valence-corrected chi connectivity index (χ0v) is 18.2. The lowest BCUT2D eigenvalue weighted by Crippen LogP contribution is -2.55. The molecule has 0 bridgehead atoms. The highest BCUT2D eigenvalue weighted by Gasteiger charge is 2.58. The second-order valence-corrected chi connectivity index (χ2v) is 12.0. The molecule has 0 saturated heterocycles. The molecular formula is C26H42O. The van der Waals surface area contributed by atoms with E-state index < -0.39 is 0 Å². The molecule has 10 atom stereocenters. The van der Waals surface area contributed by atoms with Crippen molar-refractivity contribution >= 4 is 0 Å². The third kappa shape index (κ3) is 2.59. The minimum Gasteiger partial charge on any atom is -0.393 e. The molecule has 4 fully saturated rings. The Balaban J connectivity index is 1.49. The summed E-state index contributed by atoms with van der Waals surface area (Å²) in [7, 11) is 0. The van der Waals surface area contributed by atoms with E-state index in [9.17, 15) is 5.11 Å². The lowest BCUT2D eigenvalue weighted by atomic mass is 9.42. The van der Waals surface area contributed by atoms with Crippen molar-refractivity contribution in [3.8, 4) is 0 Å². The number of hydrogen-bond donors (Lipinski definition) is 1. The molecule has 0 aromatic rings. The average molecular weight is 371 g/mol. The van der Waals surface area contributed by atoms with Gasteiger partial charge in [-0.25, -0.2) is 0 Å². The lowest BCUT2D eigenvalue weighted by Gasteiger charge is -2.63. The van der Waals surface area contributed by atoms with E-state index in [-0.39, 0.29) is 6.10 Å². The third-order valence-corrected chi connectivity index (χ3v) is 10.9. The predicted octanol–water partition coefficient (Wildman–Crippen LogP) is 6.61. The van der Waals surface area contributed by atoms with E-state index in [2.05, 4.69) is 33.8 Å². The number of aliphatic hydroxyl groups is 1. The van der Waals surface area contributed by atoms with E-state index in [1.54, 1.807) is 0 Å². The summed E-state index contributed by atoms with van der Waals surface area (Å²) in [5, 5.41) is 10.4. The van der Waals surface area contributed by atoms with Gasteiger partial charge in [-0.05, 0) is 104 Å². The zero-order chi connectivity index (χ0) is 19.0. The molecule has 5 rings (SSSR count). The summed E-state index contributed by atoms with van der Waals surface area (Å²) in [6.07, 6.45) is 16.5. The molecular weight excluding hydrogens is 328 g/mol. The maximum atomic E-state index is 10.4. The van der Waals surface area contributed by atoms with Gasteiger partial charge in [0.05, 0.1) is 6.10 Å². The smallest absolute Gasteiger partial charge is 0.0568 e. The fourth-order valence-corrected chi connectivity index (χ4v) is 9.47. The zero-order valence-electron chi connectivity index (χ0n) is 18.2. The molecule has 0 spiro atoms. The van der Waals surface area contributed by atoms with Gasteiger partial charge in [0, 0.05) is 0 Å². The molecule has 0 amide bonds. The first-order valence-electron chi connectivity index (χ1n) is 12.2. The van der Waals surface area contributed by atoms with Gasteiger partial charge in [0.2, 0.25) is 0 Å². The minimum absolute atomic E-state index is 0.0382. The van der Waals surface area contributed by atoms with Crippen LogP contribution in [0.4, 0.5) is 0 Å². The normalized spacial score (nSPS) is 57.6. The van der Waals surface area contributed by atoms with Gasteiger partial charge in [0.1, 0.15) is 0 Å². The van der Waals surface area contributed by atoms with Crippen LogP contribution in [0.25, 0.3) is 0 Å². The second-order valence-electron chi connectivity index (χ2n) is 12.0. The van der Waals surface area contributed by atoms with E-state index >= 15 is 0 Å². The summed E-state index contributed by atoms with van der Waals surface area (Å²) in [6, 6.07) is 0. The van der Waals surface area contributed by atoms with Gasteiger partial charge in [0.15, 0.2) is 0 Å². The topological polar surface area (TPSA) is 20.2 Å². The van der Waals surface area contributed by atoms with Crippen LogP contribution in [0.2, 0.25) is 0 Å². The van der Waals surface area contributed by atoms with E-state index in [0.29, 0.717) is 16.7 Å². The summed E-state index contributed by atoms with van der Waals surface area (Å²) in [5.74, 6) is 5.67. The van der Waals surface area contributed by atoms with Crippen molar-refractivity contribution in [3.63, 3.8) is 0 Å². The van der Waals surface area contributed by atoms with Gasteiger partial charge in [-0.1, -0.05) is 52.2 Å². The fraction of sp³-hybridized carbons (Fsp3) is 0.923. The summed E-state index contributed by atoms with van der Waals surface area (Å²) in [5.41, 5.74) is 3.03. The molecule has 27 heavy (non-hydrogen) atoms. The lowest BCUT2D eigenvalue weighted by molar-refractivity contribution is -0.107. The maximum Gasteiger partial charge on any atom is 0.0568 e. The van der Waals surface area contributed by atoms with E-state index in [0.717, 1.165) is 41.9 Å². The molecule has 4 saturated carbocycles. The third-order valence-electron chi connectivity index (χ3n) is 10.9. The molecule has 0 radical (unpaired) electrons. The fourth-order valence-electron chi connectivity index (χ4n) is 9.47. The van der Waals surface area contributed by atoms with Crippen LogP contribution in [-0.4, -0.2) is 11.2 Å². The van der Waals surface area contributed by atoms with E-state index in [1.165, 1.54) is 57.8 Å². The van der Waals surface area contributed by atoms with Crippen molar-refractivity contribution in [1.82, 2.24) is 0 Å². The van der Waals surface area contributed by atoms with Crippen molar-refractivity contribution in [2.45, 2.75) is 98.0 Å². The van der Waals surface area contributed by atoms with Gasteiger partial charge in [0.25, 0.3) is 0 Å². The first-order chi connectivity index (χ1) is 12.8. The number of aliphatic hydroxyl groups excluding tert-OH is 1. The molecule has 5 aliphatic rings. The van der Waals surface area contributed by atoms with Crippen molar-refractivity contribution in [1.29, 1.82) is 0 Å². The molecule has 1 N–H and O–H groups in total. The highest BCUT2D eigenvalue weighted by atomic mass is 16.3. The highest BCUT2D eigenvalue weighted by Crippen LogP contribution is 2.67. The Bertz CT molecular complexity index is 622. The molecule has 5 aliphatic carbocycles. The monoisotopic (exact) mass is 370 g/mol. The summed E-state index contributed by atoms with van der Waals surface area (Å²) in [4.78, 5) is 0. The summed E-state index contributed by atoms with van der Waals surface area (Å²) >= 11 is 0. The Hall–Kier alpha value is -0.300. The van der Waals surface area contributed by atoms with Crippen LogP contribution in [-0.2, 0) is 0 Å². The highest BCUT2D eigenvalue weighted by molar-refractivity contribution is 5.27. The van der Waals surface area contributed by atoms with Crippen molar-refractivity contribution < 1.29 is 5.11 Å². The van der Waals surface area contributed by atoms with Crippen LogP contribution in [0.1, 0.15) is 91.9 Å². The van der Waals surface area contributed by atoms with Gasteiger partial charge >= 0.3 is 0 Å². The SMILES string of the molecule is C[C@@H]1C(O)CC[C@H]2C1CCC1(C)C3CCC4(C)CCC[C@H](C)C4C3=CCC21. The molecule has 0 aliphatic heterocycles. The predicted molar refractivity (Wildman–Crippen MR) is 112 cm³/mol. The van der Waals surface area contributed by atoms with Crippen molar-refractivity contribution in [2.75, 3.05) is 0 Å². The molecule has 0 aromatic heterocycles. The quantitative estimate of drug-likeness (QED) is 0.476. The molecule has 152 valence electrons. The van der Waals surface area contributed by atoms with Gasteiger partial charge in [-0.15, -0.1) is 0 Å². The number of rotatable bonds is 0. The van der Waals surface area contributed by atoms with Crippen LogP contribution in [0.15, 0.2) is 11.6 Å². The summed E-state index contributed by atoms with van der Waals surface area (Å²) < 4.78 is 0. The van der Waals surface area contributed by atoms with Crippen molar-refractivity contribution in [3.05, 3.63) is 11.6 Å². The van der Waals surface area contributed by atoms with Gasteiger partial charge in [-0.2, -0.15) is 0 Å². The standard InChI is InChI=1S/C26H42O/c1-16-6-5-13-25(3)14-12-22-20(24(16)25)7-9-21-19-8-10-23(27)17(2)18(19)11-15-26(21,22)4/h7,16-19,21-24,27H,5-6,8-15H2,1-4H3/t16-,17-,18?,19-,21?,22?,23?,24?,25?,26?/m0/s1. The Kier molecular flexibility index (Phi) is 4.40.